The van der Waals surface area contributed by atoms with Gasteiger partial charge in [0.25, 0.3) is 0 Å². The average molecular weight is 194 g/mol. The van der Waals surface area contributed by atoms with Crippen molar-refractivity contribution in [3.63, 3.8) is 0 Å². The van der Waals surface area contributed by atoms with Crippen LogP contribution in [-0.4, -0.2) is 32.2 Å². The van der Waals surface area contributed by atoms with E-state index in [2.05, 4.69) is 5.32 Å². The number of nitrogens with one attached hydrogen (secondary N) is 1. The lowest BCUT2D eigenvalue weighted by molar-refractivity contribution is 0.149. The van der Waals surface area contributed by atoms with Gasteiger partial charge in [-0.1, -0.05) is 6.42 Å². The molecule has 0 bridgehead atoms. The van der Waals surface area contributed by atoms with Gasteiger partial charge in [-0.05, 0) is 26.3 Å². The minimum absolute atomic E-state index is 0.791. The molecule has 0 atom stereocenters. The molecule has 0 radical (unpaired) electrons. The van der Waals surface area contributed by atoms with Crippen molar-refractivity contribution in [2.75, 3.05) is 32.2 Å². The van der Waals surface area contributed by atoms with Crippen LogP contribution in [0, 0.1) is 0 Å². The fourth-order valence-electron chi connectivity index (χ4n) is 0.935. The van der Waals surface area contributed by atoms with Crippen molar-refractivity contribution >= 4 is 11.6 Å². The normalized spacial score (nSPS) is 10.5. The van der Waals surface area contributed by atoms with Crippen LogP contribution in [0.15, 0.2) is 0 Å². The molecule has 0 aliphatic carbocycles. The van der Waals surface area contributed by atoms with E-state index in [-0.39, 0.29) is 0 Å². The zero-order valence-corrected chi connectivity index (χ0v) is 8.70. The fourth-order valence-corrected chi connectivity index (χ4v) is 1.12. The Morgan fingerprint density at radius 3 is 2.67 bits per heavy atom. The summed E-state index contributed by atoms with van der Waals surface area (Å²) in [6, 6.07) is 0. The molecule has 3 heteroatoms. The van der Waals surface area contributed by atoms with Crippen LogP contribution in [0.25, 0.3) is 0 Å². The van der Waals surface area contributed by atoms with Crippen molar-refractivity contribution in [1.29, 1.82) is 0 Å². The highest BCUT2D eigenvalue weighted by Crippen LogP contribution is 1.94. The van der Waals surface area contributed by atoms with Crippen LogP contribution in [0.5, 0.6) is 0 Å². The van der Waals surface area contributed by atoms with Crippen LogP contribution in [0.3, 0.4) is 0 Å². The van der Waals surface area contributed by atoms with Crippen molar-refractivity contribution in [3.05, 3.63) is 0 Å². The first kappa shape index (κ1) is 12.2. The van der Waals surface area contributed by atoms with E-state index in [0.29, 0.717) is 0 Å². The molecule has 0 aliphatic rings. The van der Waals surface area contributed by atoms with E-state index in [4.69, 9.17) is 16.3 Å². The third kappa shape index (κ3) is 10.2. The molecule has 0 aromatic carbocycles. The summed E-state index contributed by atoms with van der Waals surface area (Å²) in [5.41, 5.74) is 0. The van der Waals surface area contributed by atoms with Crippen LogP contribution in [-0.2, 0) is 4.74 Å². The minimum Gasteiger partial charge on any atom is -0.380 e. The van der Waals surface area contributed by atoms with Crippen molar-refractivity contribution in [1.82, 2.24) is 5.32 Å². The van der Waals surface area contributed by atoms with Gasteiger partial charge in [0, 0.05) is 19.0 Å². The third-order valence-corrected chi connectivity index (χ3v) is 1.88. The number of rotatable bonds is 9. The van der Waals surface area contributed by atoms with E-state index in [1.54, 1.807) is 0 Å². The average Bonchev–Trinajstić information content (AvgIpc) is 2.10. The first-order valence-corrected chi connectivity index (χ1v) is 5.29. The predicted octanol–water partition coefficient (Wildman–Crippen LogP) is 2.02. The molecule has 0 rings (SSSR count). The Morgan fingerprint density at radius 1 is 1.17 bits per heavy atom. The van der Waals surface area contributed by atoms with Crippen LogP contribution in [0.2, 0.25) is 0 Å². The molecular weight excluding hydrogens is 174 g/mol. The number of ether oxygens (including phenoxy) is 1. The number of hydrogen-bond donors (Lipinski definition) is 1. The smallest absolute Gasteiger partial charge is 0.0590 e. The van der Waals surface area contributed by atoms with Crippen molar-refractivity contribution in [3.8, 4) is 0 Å². The number of alkyl halides is 1. The molecule has 0 saturated heterocycles. The van der Waals surface area contributed by atoms with Gasteiger partial charge in [0.15, 0.2) is 0 Å². The second kappa shape index (κ2) is 11.2. The molecule has 0 unspecified atom stereocenters. The molecule has 1 N–H and O–H groups in total. The van der Waals surface area contributed by atoms with Gasteiger partial charge in [-0.15, -0.1) is 11.6 Å². The van der Waals surface area contributed by atoms with Crippen LogP contribution in [0.1, 0.15) is 26.2 Å². The summed E-state index contributed by atoms with van der Waals surface area (Å²) in [6.07, 6.45) is 3.58. The Labute approximate surface area is 80.6 Å². The highest BCUT2D eigenvalue weighted by molar-refractivity contribution is 6.17. The zero-order valence-electron chi connectivity index (χ0n) is 7.94. The Bertz CT molecular complexity index is 70.9. The summed E-state index contributed by atoms with van der Waals surface area (Å²) in [5.74, 6) is 0.791. The van der Waals surface area contributed by atoms with Gasteiger partial charge in [-0.2, -0.15) is 0 Å². The maximum Gasteiger partial charge on any atom is 0.0590 e. The SMILES string of the molecule is CCOCCNCCCCCCl. The van der Waals surface area contributed by atoms with Crippen LogP contribution < -0.4 is 5.32 Å². The standard InChI is InChI=1S/C9H20ClNO/c1-2-12-9-8-11-7-5-3-4-6-10/h11H,2-9H2,1H3. The number of hydrogen-bond acceptors (Lipinski definition) is 2. The summed E-state index contributed by atoms with van der Waals surface area (Å²) >= 11 is 5.54. The van der Waals surface area contributed by atoms with Crippen molar-refractivity contribution < 1.29 is 4.74 Å². The summed E-state index contributed by atoms with van der Waals surface area (Å²) in [6.45, 7) is 5.71. The van der Waals surface area contributed by atoms with Crippen molar-refractivity contribution in [2.24, 2.45) is 0 Å². The van der Waals surface area contributed by atoms with E-state index < -0.39 is 0 Å². The summed E-state index contributed by atoms with van der Waals surface area (Å²) in [4.78, 5) is 0. The molecule has 74 valence electrons. The van der Waals surface area contributed by atoms with E-state index >= 15 is 0 Å². The lowest BCUT2D eigenvalue weighted by atomic mass is 10.2. The lowest BCUT2D eigenvalue weighted by Crippen LogP contribution is -2.20. The largest absolute Gasteiger partial charge is 0.380 e. The first-order valence-electron chi connectivity index (χ1n) is 4.76. The maximum atomic E-state index is 5.54. The monoisotopic (exact) mass is 193 g/mol. The summed E-state index contributed by atoms with van der Waals surface area (Å²) in [7, 11) is 0. The van der Waals surface area contributed by atoms with Crippen LogP contribution in [0.4, 0.5) is 0 Å². The van der Waals surface area contributed by atoms with Gasteiger partial charge in [0.05, 0.1) is 6.61 Å². The molecule has 0 fully saturated rings. The Hall–Kier alpha value is 0.210. The first-order chi connectivity index (χ1) is 5.91. The highest BCUT2D eigenvalue weighted by atomic mass is 35.5. The Kier molecular flexibility index (Phi) is 11.4. The summed E-state index contributed by atoms with van der Waals surface area (Å²) < 4.78 is 5.18. The molecule has 0 spiro atoms. The third-order valence-electron chi connectivity index (χ3n) is 1.61. The maximum absolute atomic E-state index is 5.54. The van der Waals surface area contributed by atoms with Gasteiger partial charge >= 0.3 is 0 Å². The van der Waals surface area contributed by atoms with Gasteiger partial charge in [0.2, 0.25) is 0 Å². The Morgan fingerprint density at radius 2 is 2.00 bits per heavy atom. The van der Waals surface area contributed by atoms with E-state index in [9.17, 15) is 0 Å². The molecule has 0 aromatic heterocycles. The molecule has 0 amide bonds. The van der Waals surface area contributed by atoms with Gasteiger partial charge in [-0.25, -0.2) is 0 Å². The Balaban J connectivity index is 2.73. The number of unbranched alkanes of at least 4 members (excludes halogenated alkanes) is 2. The quantitative estimate of drug-likeness (QED) is 0.447. The molecular formula is C9H20ClNO. The summed E-state index contributed by atoms with van der Waals surface area (Å²) in [5, 5.41) is 3.31. The van der Waals surface area contributed by atoms with Crippen molar-refractivity contribution in [2.45, 2.75) is 26.2 Å². The molecule has 0 saturated carbocycles. The highest BCUT2D eigenvalue weighted by Gasteiger charge is 1.88. The van der Waals surface area contributed by atoms with Gasteiger partial charge in [0.1, 0.15) is 0 Å². The molecule has 0 heterocycles. The molecule has 0 aromatic rings. The lowest BCUT2D eigenvalue weighted by Gasteiger charge is -2.03. The molecule has 12 heavy (non-hydrogen) atoms. The molecule has 2 nitrogen and oxygen atoms in total. The van der Waals surface area contributed by atoms with E-state index in [1.807, 2.05) is 6.92 Å². The predicted molar refractivity (Wildman–Crippen MR) is 53.9 cm³/mol. The second-order valence-corrected chi connectivity index (χ2v) is 3.07. The van der Waals surface area contributed by atoms with Crippen LogP contribution >= 0.6 is 11.6 Å². The second-order valence-electron chi connectivity index (χ2n) is 2.70. The topological polar surface area (TPSA) is 21.3 Å². The van der Waals surface area contributed by atoms with E-state index in [1.165, 1.54) is 12.8 Å². The number of halogens is 1. The minimum atomic E-state index is 0.791. The molecule has 0 aliphatic heterocycles. The van der Waals surface area contributed by atoms with Gasteiger partial charge in [-0.3, -0.25) is 0 Å². The van der Waals surface area contributed by atoms with E-state index in [0.717, 1.165) is 38.6 Å². The van der Waals surface area contributed by atoms with Gasteiger partial charge < -0.3 is 10.1 Å². The fraction of sp³-hybridized carbons (Fsp3) is 1.00. The zero-order chi connectivity index (χ0) is 9.07.